The van der Waals surface area contributed by atoms with Crippen LogP contribution in [-0.4, -0.2) is 83.5 Å². The van der Waals surface area contributed by atoms with Crippen molar-refractivity contribution in [1.82, 2.24) is 4.90 Å². The van der Waals surface area contributed by atoms with Crippen LogP contribution in [-0.2, 0) is 27.5 Å². The zero-order chi connectivity index (χ0) is 51.4. The van der Waals surface area contributed by atoms with Gasteiger partial charge in [-0.15, -0.1) is 6.58 Å². The fraction of sp³-hybridized carbons (Fsp3) is 0.552. The Kier molecular flexibility index (Phi) is 21.0. The smallest absolute Gasteiger partial charge is 0.410 e. The molecule has 0 bridgehead atoms. The predicted octanol–water partition coefficient (Wildman–Crippen LogP) is 12.3. The van der Waals surface area contributed by atoms with Crippen molar-refractivity contribution in [3.63, 3.8) is 0 Å². The number of fused-ring (bicyclic) bond motifs is 3. The number of rotatable bonds is 32. The molecule has 2 N–H and O–H groups in total. The average Bonchev–Trinajstić information content (AvgIpc) is 3.88. The molecule has 0 radical (unpaired) electrons. The summed E-state index contributed by atoms with van der Waals surface area (Å²) in [6.07, 6.45) is 21.1. The minimum atomic E-state index is -1.53. The molecule has 4 aliphatic rings. The zero-order valence-corrected chi connectivity index (χ0v) is 42.8. The van der Waals surface area contributed by atoms with Crippen molar-refractivity contribution in [1.29, 1.82) is 0 Å². The maximum Gasteiger partial charge on any atom is 0.410 e. The number of amides is 1. The molecule has 1 saturated carbocycles. The molecule has 6 unspecified atom stereocenters. The largest absolute Gasteiger partial charge is 0.490 e. The third-order valence-corrected chi connectivity index (χ3v) is 14.7. The van der Waals surface area contributed by atoms with Gasteiger partial charge in [0.2, 0.25) is 12.6 Å². The molecule has 1 fully saturated rings. The number of carbonyl (C=O) groups is 1. The van der Waals surface area contributed by atoms with Gasteiger partial charge in [0.25, 0.3) is 5.69 Å². The summed E-state index contributed by atoms with van der Waals surface area (Å²) in [7, 11) is 0. The van der Waals surface area contributed by atoms with Crippen molar-refractivity contribution in [3.05, 3.63) is 124 Å². The van der Waals surface area contributed by atoms with E-state index < -0.39 is 28.8 Å². The van der Waals surface area contributed by atoms with Crippen LogP contribution in [0.3, 0.4) is 0 Å². The Morgan fingerprint density at radius 3 is 2.23 bits per heavy atom. The molecule has 15 nitrogen and oxygen atoms in total. The number of aliphatic hydroxyl groups excluding tert-OH is 2. The van der Waals surface area contributed by atoms with Gasteiger partial charge in [-0.3, -0.25) is 15.0 Å². The molecule has 396 valence electrons. The highest BCUT2D eigenvalue weighted by Crippen LogP contribution is 2.62. The van der Waals surface area contributed by atoms with E-state index in [0.29, 0.717) is 53.7 Å². The number of aliphatic hydroxyl groups is 2. The molecule has 3 aromatic rings. The van der Waals surface area contributed by atoms with Gasteiger partial charge >= 0.3 is 6.09 Å². The zero-order valence-electron chi connectivity index (χ0n) is 42.8. The number of nitrogens with zero attached hydrogens (tertiary/aromatic N) is 3. The summed E-state index contributed by atoms with van der Waals surface area (Å²) in [4.78, 5) is 34.2. The van der Waals surface area contributed by atoms with E-state index in [1.54, 1.807) is 29.2 Å². The minimum absolute atomic E-state index is 0.00497. The summed E-state index contributed by atoms with van der Waals surface area (Å²) in [5, 5.41) is 36.5. The van der Waals surface area contributed by atoms with Crippen LogP contribution < -0.4 is 18.9 Å². The van der Waals surface area contributed by atoms with E-state index in [1.165, 1.54) is 50.7 Å². The quantitative estimate of drug-likeness (QED) is 0.0262. The predicted molar refractivity (Wildman–Crippen MR) is 280 cm³/mol. The maximum absolute atomic E-state index is 15.2. The monoisotopic (exact) mass is 1010 g/mol. The maximum atomic E-state index is 15.2. The van der Waals surface area contributed by atoms with Gasteiger partial charge in [-0.1, -0.05) is 114 Å². The Hall–Kier alpha value is -5.90. The Labute approximate surface area is 431 Å². The first-order valence-corrected chi connectivity index (χ1v) is 26.7. The first-order chi connectivity index (χ1) is 35.7. The first kappa shape index (κ1) is 54.9. The van der Waals surface area contributed by atoms with Crippen molar-refractivity contribution in [2.45, 2.75) is 147 Å². The number of oxime groups is 1. The highest BCUT2D eigenvalue weighted by molar-refractivity contribution is 6.03. The molecular formula is C58H77N3O12. The number of benzene rings is 3. The van der Waals surface area contributed by atoms with E-state index in [-0.39, 0.29) is 76.2 Å². The molecule has 2 aliphatic heterocycles. The molecule has 2 aliphatic carbocycles. The average molecular weight is 1010 g/mol. The van der Waals surface area contributed by atoms with Gasteiger partial charge in [-0.2, -0.15) is 0 Å². The molecule has 0 spiro atoms. The highest BCUT2D eigenvalue weighted by atomic mass is 16.7. The fourth-order valence-electron chi connectivity index (χ4n) is 11.2. The molecule has 1 amide bonds. The van der Waals surface area contributed by atoms with Crippen molar-refractivity contribution in [2.24, 2.45) is 22.9 Å². The number of hydrogen-bond acceptors (Lipinski definition) is 13. The summed E-state index contributed by atoms with van der Waals surface area (Å²) in [5.41, 5.74) is 3.83. The lowest BCUT2D eigenvalue weighted by molar-refractivity contribution is -0.384. The fourth-order valence-corrected chi connectivity index (χ4v) is 11.2. The van der Waals surface area contributed by atoms with E-state index in [4.69, 9.17) is 38.4 Å². The number of non-ortho nitro benzene ring substituents is 1. The van der Waals surface area contributed by atoms with E-state index in [9.17, 15) is 20.3 Å². The minimum Gasteiger partial charge on any atom is -0.490 e. The normalized spacial score (nSPS) is 21.8. The number of carbonyl (C=O) groups excluding carboxylic acids is 1. The van der Waals surface area contributed by atoms with Gasteiger partial charge in [0.15, 0.2) is 11.5 Å². The molecule has 73 heavy (non-hydrogen) atoms. The van der Waals surface area contributed by atoms with Crippen LogP contribution in [0.4, 0.5) is 10.5 Å². The second kappa shape index (κ2) is 28.0. The van der Waals surface area contributed by atoms with Gasteiger partial charge in [0.05, 0.1) is 29.8 Å². The van der Waals surface area contributed by atoms with Crippen LogP contribution in [0.25, 0.3) is 0 Å². The summed E-state index contributed by atoms with van der Waals surface area (Å²) in [6.45, 7) is 11.2. The number of ether oxygens (including phenoxy) is 6. The summed E-state index contributed by atoms with van der Waals surface area (Å²) in [5.74, 6) is 0.0593. The Morgan fingerprint density at radius 1 is 0.836 bits per heavy atom. The van der Waals surface area contributed by atoms with Crippen LogP contribution in [0.5, 0.6) is 23.0 Å². The van der Waals surface area contributed by atoms with Crippen LogP contribution >= 0.6 is 0 Å². The van der Waals surface area contributed by atoms with Gasteiger partial charge in [0.1, 0.15) is 30.8 Å². The van der Waals surface area contributed by atoms with E-state index in [0.717, 1.165) is 68.1 Å². The van der Waals surface area contributed by atoms with Crippen LogP contribution in [0.1, 0.15) is 139 Å². The van der Waals surface area contributed by atoms with Gasteiger partial charge < -0.3 is 43.5 Å². The highest BCUT2D eigenvalue weighted by Gasteiger charge is 2.65. The van der Waals surface area contributed by atoms with Gasteiger partial charge in [0, 0.05) is 49.8 Å². The van der Waals surface area contributed by atoms with Crippen molar-refractivity contribution >= 4 is 17.5 Å². The van der Waals surface area contributed by atoms with Gasteiger partial charge in [-0.05, 0) is 103 Å². The lowest BCUT2D eigenvalue weighted by Gasteiger charge is -2.59. The molecular weight excluding hydrogens is 931 g/mol. The van der Waals surface area contributed by atoms with Crippen LogP contribution in [0.2, 0.25) is 0 Å². The van der Waals surface area contributed by atoms with Crippen molar-refractivity contribution < 1.29 is 53.2 Å². The number of nitro groups is 1. The van der Waals surface area contributed by atoms with Crippen molar-refractivity contribution in [2.75, 3.05) is 39.8 Å². The van der Waals surface area contributed by atoms with Crippen LogP contribution in [0, 0.1) is 27.9 Å². The summed E-state index contributed by atoms with van der Waals surface area (Å²) in [6, 6.07) is 16.8. The van der Waals surface area contributed by atoms with E-state index in [2.05, 4.69) is 26.2 Å². The second-order valence-corrected chi connectivity index (χ2v) is 19.7. The Balaban J connectivity index is 1.34. The molecule has 7 rings (SSSR count). The summed E-state index contributed by atoms with van der Waals surface area (Å²) < 4.78 is 38.6. The van der Waals surface area contributed by atoms with E-state index in [1.807, 2.05) is 36.4 Å². The third-order valence-electron chi connectivity index (χ3n) is 14.7. The molecule has 6 atom stereocenters. The topological polar surface area (TPSA) is 181 Å². The number of allylic oxidation sites excluding steroid dienone is 1. The molecule has 2 heterocycles. The SMILES string of the molecule is C=CCOc1ccc2c(c1)C1C(CCCCO)C(CCCCO)C=C3C(=NOCc4ccc([N+](=O)[O-])cc4)CC(N(Cc4ccc5c(c4)OCO5)C(=O)OCCCCCCCCCCCC)C(OCC=C)(O2)C31. The second-order valence-electron chi connectivity index (χ2n) is 19.7. The number of unbranched alkanes of at least 4 members (excludes halogenated alkanes) is 11. The lowest BCUT2D eigenvalue weighted by atomic mass is 9.55. The summed E-state index contributed by atoms with van der Waals surface area (Å²) >= 11 is 0. The molecule has 3 aromatic carbocycles. The Bertz CT molecular complexity index is 2340. The standard InChI is InChI=1S/C58H77N3O12/c1-4-7-8-9-10-11-12-13-14-19-34-68-57(64)60(39-43-24-28-52-53(35-43)70-41-69-52)54-38-50(59-72-40-42-22-25-45(26-23-42)61(65)66)48-36-44(20-15-17-30-62)47(21-16-18-31-63)55-49-37-46(67-32-5-2)27-29-51(49)73-58(54,56(48)55)71-33-6-3/h5-6,22-29,35-37,44,47,54-56,62-63H,2-4,7-21,30-34,38-41H2,1H3. The van der Waals surface area contributed by atoms with Gasteiger partial charge in [-0.25, -0.2) is 4.79 Å². The number of nitro benzene ring substituents is 1. The first-order valence-electron chi connectivity index (χ1n) is 26.7. The van der Waals surface area contributed by atoms with Crippen molar-refractivity contribution in [3.8, 4) is 23.0 Å². The Morgan fingerprint density at radius 2 is 1.52 bits per heavy atom. The lowest BCUT2D eigenvalue weighted by Crippen LogP contribution is -2.70. The molecule has 0 aromatic heterocycles. The number of hydrogen-bond donors (Lipinski definition) is 2. The third kappa shape index (κ3) is 14.0. The molecule has 15 heteroatoms. The van der Waals surface area contributed by atoms with Crippen LogP contribution in [0.15, 0.2) is 103 Å². The molecule has 0 saturated heterocycles. The van der Waals surface area contributed by atoms with E-state index >= 15 is 4.79 Å².